The fourth-order valence-electron chi connectivity index (χ4n) is 1.90. The van der Waals surface area contributed by atoms with E-state index in [0.29, 0.717) is 12.4 Å². The van der Waals surface area contributed by atoms with Crippen LogP contribution in [0.2, 0.25) is 0 Å². The first-order valence-electron chi connectivity index (χ1n) is 6.39. The van der Waals surface area contributed by atoms with E-state index in [2.05, 4.69) is 9.97 Å². The van der Waals surface area contributed by atoms with Crippen LogP contribution >= 0.6 is 11.3 Å². The van der Waals surface area contributed by atoms with E-state index in [4.69, 9.17) is 4.74 Å². The molecule has 0 saturated heterocycles. The first-order chi connectivity index (χ1) is 10.2. The van der Waals surface area contributed by atoms with Crippen LogP contribution in [-0.2, 0) is 6.61 Å². The molecule has 3 rings (SSSR count). The van der Waals surface area contributed by atoms with E-state index >= 15 is 0 Å². The highest BCUT2D eigenvalue weighted by Gasteiger charge is 2.03. The summed E-state index contributed by atoms with van der Waals surface area (Å²) in [6, 6.07) is 6.79. The van der Waals surface area contributed by atoms with Gasteiger partial charge in [-0.05, 0) is 25.1 Å². The molecule has 0 spiro atoms. The molecule has 0 amide bonds. The average molecular weight is 299 g/mol. The molecular weight excluding hydrogens is 286 g/mol. The van der Waals surface area contributed by atoms with Crippen LogP contribution in [0.1, 0.15) is 10.7 Å². The Balaban J connectivity index is 1.77. The standard InChI is InChI=1S/C15H13N3O2S/c1-11-17-12(10-21-11)9-20-14-4-7-18(15(19)8-14)13-2-5-16-6-3-13/h2-8,10H,9H2,1H3. The van der Waals surface area contributed by atoms with Gasteiger partial charge < -0.3 is 4.74 Å². The van der Waals surface area contributed by atoms with Gasteiger partial charge in [0.1, 0.15) is 12.4 Å². The minimum atomic E-state index is -0.145. The molecule has 0 aliphatic rings. The number of nitrogens with zero attached hydrogens (tertiary/aromatic N) is 3. The average Bonchev–Trinajstić information content (AvgIpc) is 2.92. The van der Waals surface area contributed by atoms with Gasteiger partial charge in [-0.2, -0.15) is 0 Å². The van der Waals surface area contributed by atoms with E-state index in [-0.39, 0.29) is 5.56 Å². The quantitative estimate of drug-likeness (QED) is 0.743. The molecule has 0 aromatic carbocycles. The molecule has 106 valence electrons. The molecule has 0 aliphatic carbocycles. The van der Waals surface area contributed by atoms with Gasteiger partial charge in [-0.3, -0.25) is 14.3 Å². The molecule has 21 heavy (non-hydrogen) atoms. The van der Waals surface area contributed by atoms with Gasteiger partial charge >= 0.3 is 0 Å². The third kappa shape index (κ3) is 3.17. The Morgan fingerprint density at radius 1 is 1.29 bits per heavy atom. The highest BCUT2D eigenvalue weighted by Crippen LogP contribution is 2.13. The second kappa shape index (κ2) is 5.88. The van der Waals surface area contributed by atoms with Crippen molar-refractivity contribution in [3.8, 4) is 11.4 Å². The SMILES string of the molecule is Cc1nc(COc2ccn(-c3ccncc3)c(=O)c2)cs1. The molecule has 0 fully saturated rings. The van der Waals surface area contributed by atoms with Crippen molar-refractivity contribution < 1.29 is 4.74 Å². The van der Waals surface area contributed by atoms with E-state index in [1.807, 2.05) is 12.3 Å². The van der Waals surface area contributed by atoms with Gasteiger partial charge in [0.05, 0.1) is 16.4 Å². The third-order valence-electron chi connectivity index (χ3n) is 2.89. The smallest absolute Gasteiger partial charge is 0.258 e. The van der Waals surface area contributed by atoms with Crippen LogP contribution in [0, 0.1) is 6.92 Å². The molecule has 6 heteroatoms. The lowest BCUT2D eigenvalue weighted by molar-refractivity contribution is 0.301. The second-order valence-corrected chi connectivity index (χ2v) is 5.48. The molecule has 0 bridgehead atoms. The molecule has 0 aliphatic heterocycles. The molecule has 3 aromatic heterocycles. The van der Waals surface area contributed by atoms with Crippen molar-refractivity contribution in [1.29, 1.82) is 0 Å². The minimum Gasteiger partial charge on any atom is -0.487 e. The highest BCUT2D eigenvalue weighted by molar-refractivity contribution is 7.09. The summed E-state index contributed by atoms with van der Waals surface area (Å²) in [5.41, 5.74) is 1.50. The zero-order chi connectivity index (χ0) is 14.7. The summed E-state index contributed by atoms with van der Waals surface area (Å²) in [5, 5.41) is 2.95. The predicted octanol–water partition coefficient (Wildman–Crippen LogP) is 2.58. The van der Waals surface area contributed by atoms with Crippen molar-refractivity contribution in [2.75, 3.05) is 0 Å². The molecule has 0 radical (unpaired) electrons. The molecule has 0 unspecified atom stereocenters. The van der Waals surface area contributed by atoms with Crippen LogP contribution in [0.3, 0.4) is 0 Å². The molecule has 0 saturated carbocycles. The first-order valence-corrected chi connectivity index (χ1v) is 7.27. The Labute approximate surface area is 125 Å². The third-order valence-corrected chi connectivity index (χ3v) is 3.71. The van der Waals surface area contributed by atoms with E-state index in [0.717, 1.165) is 16.4 Å². The van der Waals surface area contributed by atoms with Gasteiger partial charge in [-0.1, -0.05) is 0 Å². The van der Waals surface area contributed by atoms with Gasteiger partial charge in [-0.25, -0.2) is 4.98 Å². The van der Waals surface area contributed by atoms with Gasteiger partial charge in [0.2, 0.25) is 0 Å². The monoisotopic (exact) mass is 299 g/mol. The van der Waals surface area contributed by atoms with Gasteiger partial charge in [0.25, 0.3) is 5.56 Å². The fourth-order valence-corrected chi connectivity index (χ4v) is 2.50. The number of aryl methyl sites for hydroxylation is 1. The Kier molecular flexibility index (Phi) is 3.79. The van der Waals surface area contributed by atoms with Crippen LogP contribution in [0.25, 0.3) is 5.69 Å². The zero-order valence-corrected chi connectivity index (χ0v) is 12.2. The number of rotatable bonds is 4. The summed E-state index contributed by atoms with van der Waals surface area (Å²) in [6.07, 6.45) is 4.99. The molecule has 3 aromatic rings. The molecule has 0 atom stereocenters. The Hall–Kier alpha value is -2.47. The summed E-state index contributed by atoms with van der Waals surface area (Å²) in [7, 11) is 0. The summed E-state index contributed by atoms with van der Waals surface area (Å²) >= 11 is 1.58. The number of ether oxygens (including phenoxy) is 1. The van der Waals surface area contributed by atoms with Gasteiger partial charge in [0.15, 0.2) is 0 Å². The second-order valence-electron chi connectivity index (χ2n) is 4.42. The Morgan fingerprint density at radius 2 is 2.10 bits per heavy atom. The predicted molar refractivity (Wildman–Crippen MR) is 81.0 cm³/mol. The number of hydrogen-bond donors (Lipinski definition) is 0. The zero-order valence-electron chi connectivity index (χ0n) is 11.4. The van der Waals surface area contributed by atoms with E-state index < -0.39 is 0 Å². The van der Waals surface area contributed by atoms with Crippen LogP contribution in [0.5, 0.6) is 5.75 Å². The number of hydrogen-bond acceptors (Lipinski definition) is 5. The van der Waals surface area contributed by atoms with E-state index in [9.17, 15) is 4.79 Å². The maximum absolute atomic E-state index is 12.1. The summed E-state index contributed by atoms with van der Waals surface area (Å²) in [5.74, 6) is 0.538. The van der Waals surface area contributed by atoms with E-state index in [1.165, 1.54) is 6.07 Å². The number of pyridine rings is 2. The van der Waals surface area contributed by atoms with Crippen LogP contribution in [0.15, 0.2) is 53.0 Å². The maximum Gasteiger partial charge on any atom is 0.258 e. The van der Waals surface area contributed by atoms with Crippen LogP contribution in [-0.4, -0.2) is 14.5 Å². The minimum absolute atomic E-state index is 0.145. The van der Waals surface area contributed by atoms with Crippen molar-refractivity contribution in [2.45, 2.75) is 13.5 Å². The topological polar surface area (TPSA) is 57.0 Å². The van der Waals surface area contributed by atoms with Crippen LogP contribution < -0.4 is 10.3 Å². The highest BCUT2D eigenvalue weighted by atomic mass is 32.1. The summed E-state index contributed by atoms with van der Waals surface area (Å²) in [4.78, 5) is 20.4. The molecule has 3 heterocycles. The normalized spacial score (nSPS) is 10.5. The maximum atomic E-state index is 12.1. The van der Waals surface area contributed by atoms with E-state index in [1.54, 1.807) is 52.7 Å². The lowest BCUT2D eigenvalue weighted by Gasteiger charge is -2.07. The molecular formula is C15H13N3O2S. The van der Waals surface area contributed by atoms with Crippen molar-refractivity contribution in [1.82, 2.24) is 14.5 Å². The van der Waals surface area contributed by atoms with Crippen molar-refractivity contribution >= 4 is 11.3 Å². The summed E-state index contributed by atoms with van der Waals surface area (Å²) in [6.45, 7) is 2.31. The largest absolute Gasteiger partial charge is 0.487 e. The van der Waals surface area contributed by atoms with Gasteiger partial charge in [0, 0.05) is 30.0 Å². The molecule has 0 N–H and O–H groups in total. The summed E-state index contributed by atoms with van der Waals surface area (Å²) < 4.78 is 7.14. The molecule has 5 nitrogen and oxygen atoms in total. The van der Waals surface area contributed by atoms with Gasteiger partial charge in [-0.15, -0.1) is 11.3 Å². The lowest BCUT2D eigenvalue weighted by atomic mass is 10.3. The Morgan fingerprint density at radius 3 is 2.76 bits per heavy atom. The first kappa shape index (κ1) is 13.5. The fraction of sp³-hybridized carbons (Fsp3) is 0.133. The Bertz CT molecular complexity index is 796. The number of thiazole rings is 1. The number of aromatic nitrogens is 3. The van der Waals surface area contributed by atoms with Crippen molar-refractivity contribution in [3.63, 3.8) is 0 Å². The lowest BCUT2D eigenvalue weighted by Crippen LogP contribution is -2.16. The van der Waals surface area contributed by atoms with Crippen LogP contribution in [0.4, 0.5) is 0 Å². The van der Waals surface area contributed by atoms with Crippen molar-refractivity contribution in [3.05, 3.63) is 69.3 Å². The van der Waals surface area contributed by atoms with Crippen molar-refractivity contribution in [2.24, 2.45) is 0 Å².